The first-order chi connectivity index (χ1) is 15.5. The molecule has 1 aliphatic heterocycles. The van der Waals surface area contributed by atoms with E-state index in [-0.39, 0.29) is 41.9 Å². The van der Waals surface area contributed by atoms with Crippen LogP contribution in [0.1, 0.15) is 24.8 Å². The van der Waals surface area contributed by atoms with E-state index in [0.717, 1.165) is 24.8 Å². The molecule has 2 aromatic rings. The molecule has 1 saturated heterocycles. The van der Waals surface area contributed by atoms with E-state index in [4.69, 9.17) is 16.3 Å². The average molecular weight is 453 g/mol. The van der Waals surface area contributed by atoms with E-state index >= 15 is 0 Å². The summed E-state index contributed by atoms with van der Waals surface area (Å²) >= 11 is 6.12. The number of methoxy groups -OCH3 is 1. The van der Waals surface area contributed by atoms with Crippen LogP contribution in [0.25, 0.3) is 0 Å². The largest absolute Gasteiger partial charge is 0.495 e. The molecule has 1 N–H and O–H groups in total. The first kappa shape index (κ1) is 21.0. The van der Waals surface area contributed by atoms with E-state index in [1.807, 2.05) is 30.3 Å². The predicted octanol–water partition coefficient (Wildman–Crippen LogP) is 3.93. The fourth-order valence-corrected chi connectivity index (χ4v) is 6.04. The third-order valence-corrected chi connectivity index (χ3v) is 7.50. The molecule has 7 heteroatoms. The molecular weight excluding hydrogens is 428 g/mol. The molecule has 0 spiro atoms. The molecule has 1 heterocycles. The van der Waals surface area contributed by atoms with Crippen LogP contribution in [0.15, 0.2) is 48.5 Å². The van der Waals surface area contributed by atoms with Crippen LogP contribution in [0.2, 0.25) is 5.02 Å². The summed E-state index contributed by atoms with van der Waals surface area (Å²) in [5.74, 6) is -0.373. The Bertz CT molecular complexity index is 1040. The number of hydrogen-bond acceptors (Lipinski definition) is 4. The van der Waals surface area contributed by atoms with Gasteiger partial charge in [-0.2, -0.15) is 0 Å². The van der Waals surface area contributed by atoms with Gasteiger partial charge in [0.2, 0.25) is 17.7 Å². The lowest BCUT2D eigenvalue weighted by Crippen LogP contribution is -2.49. The summed E-state index contributed by atoms with van der Waals surface area (Å²) in [4.78, 5) is 41.6. The SMILES string of the molecule is COc1ccc(Cl)cc1NC(=O)[C@@H](Cc1ccccc1)N1C(=O)[C@H]2[C@@H]3CC[C@@H](C3)[C@@H]2C1=O. The number of imide groups is 1. The Morgan fingerprint density at radius 1 is 1.09 bits per heavy atom. The van der Waals surface area contributed by atoms with Crippen LogP contribution in [0, 0.1) is 23.7 Å². The fraction of sp³-hybridized carbons (Fsp3) is 0.400. The molecule has 0 unspecified atom stereocenters. The lowest BCUT2D eigenvalue weighted by Gasteiger charge is -2.27. The zero-order valence-corrected chi connectivity index (χ0v) is 18.5. The first-order valence-electron chi connectivity index (χ1n) is 11.0. The topological polar surface area (TPSA) is 75.7 Å². The number of nitrogens with zero attached hydrogens (tertiary/aromatic N) is 1. The van der Waals surface area contributed by atoms with Crippen LogP contribution in [0.3, 0.4) is 0 Å². The van der Waals surface area contributed by atoms with Crippen molar-refractivity contribution in [1.29, 1.82) is 0 Å². The second-order valence-corrected chi connectivity index (χ2v) is 9.41. The number of amides is 3. The molecule has 0 radical (unpaired) electrons. The summed E-state index contributed by atoms with van der Waals surface area (Å²) in [7, 11) is 1.50. The molecule has 3 amide bonds. The van der Waals surface area contributed by atoms with Crippen LogP contribution in [-0.4, -0.2) is 35.8 Å². The van der Waals surface area contributed by atoms with Crippen molar-refractivity contribution in [3.05, 3.63) is 59.1 Å². The summed E-state index contributed by atoms with van der Waals surface area (Å²) in [5.41, 5.74) is 1.29. The number of nitrogens with one attached hydrogen (secondary N) is 1. The highest BCUT2D eigenvalue weighted by Crippen LogP contribution is 2.56. The Balaban J connectivity index is 1.47. The standard InChI is InChI=1S/C25H25ClN2O4/c1-32-20-10-9-17(26)13-18(20)27-23(29)19(11-14-5-3-2-4-6-14)28-24(30)21-15-7-8-16(12-15)22(21)25(28)31/h2-6,9-10,13,15-16,19,21-22H,7-8,11-12H2,1H3,(H,27,29)/t15-,16+,19-,21+,22+/m1/s1. The van der Waals surface area contributed by atoms with Crippen molar-refractivity contribution in [3.63, 3.8) is 0 Å². The van der Waals surface area contributed by atoms with Crippen molar-refractivity contribution in [2.45, 2.75) is 31.7 Å². The van der Waals surface area contributed by atoms with Crippen molar-refractivity contribution in [2.75, 3.05) is 12.4 Å². The van der Waals surface area contributed by atoms with E-state index in [0.29, 0.717) is 16.5 Å². The van der Waals surface area contributed by atoms with Crippen LogP contribution in [0.4, 0.5) is 5.69 Å². The molecule has 2 bridgehead atoms. The van der Waals surface area contributed by atoms with Gasteiger partial charge in [0.25, 0.3) is 0 Å². The van der Waals surface area contributed by atoms with E-state index in [1.54, 1.807) is 18.2 Å². The quantitative estimate of drug-likeness (QED) is 0.674. The summed E-state index contributed by atoms with van der Waals surface area (Å²) in [5, 5.41) is 3.29. The Morgan fingerprint density at radius 2 is 1.75 bits per heavy atom. The number of ether oxygens (including phenoxy) is 1. The monoisotopic (exact) mass is 452 g/mol. The average Bonchev–Trinajstić information content (AvgIpc) is 3.47. The highest BCUT2D eigenvalue weighted by molar-refractivity contribution is 6.31. The van der Waals surface area contributed by atoms with Gasteiger partial charge in [-0.1, -0.05) is 41.9 Å². The number of rotatable bonds is 6. The van der Waals surface area contributed by atoms with Gasteiger partial charge >= 0.3 is 0 Å². The van der Waals surface area contributed by atoms with Gasteiger partial charge in [-0.15, -0.1) is 0 Å². The van der Waals surface area contributed by atoms with Gasteiger partial charge in [0.05, 0.1) is 24.6 Å². The number of benzene rings is 2. The van der Waals surface area contributed by atoms with Gasteiger partial charge in [0.15, 0.2) is 0 Å². The van der Waals surface area contributed by atoms with E-state index < -0.39 is 11.9 Å². The minimum absolute atomic E-state index is 0.193. The molecule has 3 fully saturated rings. The van der Waals surface area contributed by atoms with Gasteiger partial charge in [-0.3, -0.25) is 19.3 Å². The number of hydrogen-bond donors (Lipinski definition) is 1. The Kier molecular flexibility index (Phi) is 5.41. The maximum Gasteiger partial charge on any atom is 0.248 e. The summed E-state index contributed by atoms with van der Waals surface area (Å²) in [6.45, 7) is 0. The Hall–Kier alpha value is -2.86. The van der Waals surface area contributed by atoms with Gasteiger partial charge in [-0.05, 0) is 54.9 Å². The summed E-state index contributed by atoms with van der Waals surface area (Å²) < 4.78 is 5.34. The second-order valence-electron chi connectivity index (χ2n) is 8.97. The third-order valence-electron chi connectivity index (χ3n) is 7.27. The van der Waals surface area contributed by atoms with Crippen molar-refractivity contribution < 1.29 is 19.1 Å². The van der Waals surface area contributed by atoms with Crippen molar-refractivity contribution >= 4 is 35.0 Å². The molecule has 32 heavy (non-hydrogen) atoms. The first-order valence-corrected chi connectivity index (χ1v) is 11.4. The molecule has 5 atom stereocenters. The Labute approximate surface area is 191 Å². The number of anilines is 1. The molecule has 6 nitrogen and oxygen atoms in total. The number of carbonyl (C=O) groups is 3. The third kappa shape index (κ3) is 3.47. The highest BCUT2D eigenvalue weighted by atomic mass is 35.5. The molecule has 5 rings (SSSR count). The van der Waals surface area contributed by atoms with Crippen LogP contribution in [-0.2, 0) is 20.8 Å². The van der Waals surface area contributed by atoms with Crippen LogP contribution < -0.4 is 10.1 Å². The van der Waals surface area contributed by atoms with Gasteiger partial charge in [0, 0.05) is 11.4 Å². The number of halogens is 1. The van der Waals surface area contributed by atoms with Gasteiger partial charge in [-0.25, -0.2) is 0 Å². The zero-order chi connectivity index (χ0) is 22.4. The molecule has 3 aliphatic rings. The van der Waals surface area contributed by atoms with Crippen molar-refractivity contribution in [3.8, 4) is 5.75 Å². The highest BCUT2D eigenvalue weighted by Gasteiger charge is 2.62. The smallest absolute Gasteiger partial charge is 0.248 e. The minimum Gasteiger partial charge on any atom is -0.495 e. The van der Waals surface area contributed by atoms with Crippen molar-refractivity contribution in [2.24, 2.45) is 23.7 Å². The lowest BCUT2D eigenvalue weighted by atomic mass is 9.81. The van der Waals surface area contributed by atoms with Gasteiger partial charge in [0.1, 0.15) is 11.8 Å². The van der Waals surface area contributed by atoms with Gasteiger partial charge < -0.3 is 10.1 Å². The summed E-state index contributed by atoms with van der Waals surface area (Å²) in [6, 6.07) is 13.4. The minimum atomic E-state index is -0.939. The van der Waals surface area contributed by atoms with E-state index in [9.17, 15) is 14.4 Å². The van der Waals surface area contributed by atoms with Crippen LogP contribution >= 0.6 is 11.6 Å². The Morgan fingerprint density at radius 3 is 2.38 bits per heavy atom. The predicted molar refractivity (Wildman–Crippen MR) is 120 cm³/mol. The normalized spacial score (nSPS) is 26.9. The molecule has 0 aromatic heterocycles. The molecular formula is C25H25ClN2O4. The molecule has 2 saturated carbocycles. The number of carbonyl (C=O) groups excluding carboxylic acids is 3. The van der Waals surface area contributed by atoms with E-state index in [2.05, 4.69) is 5.32 Å². The zero-order valence-electron chi connectivity index (χ0n) is 17.8. The molecule has 2 aromatic carbocycles. The van der Waals surface area contributed by atoms with Crippen molar-refractivity contribution in [1.82, 2.24) is 4.90 Å². The lowest BCUT2D eigenvalue weighted by molar-refractivity contribution is -0.147. The maximum atomic E-state index is 13.5. The molecule has 166 valence electrons. The van der Waals surface area contributed by atoms with Crippen LogP contribution in [0.5, 0.6) is 5.75 Å². The molecule has 2 aliphatic carbocycles. The second kappa shape index (κ2) is 8.24. The number of likely N-dealkylation sites (tertiary alicyclic amines) is 1. The maximum absolute atomic E-state index is 13.5. The fourth-order valence-electron chi connectivity index (χ4n) is 5.87. The number of fused-ring (bicyclic) bond motifs is 5. The summed E-state index contributed by atoms with van der Waals surface area (Å²) in [6.07, 6.45) is 3.19. The van der Waals surface area contributed by atoms with E-state index in [1.165, 1.54) is 12.0 Å².